The van der Waals surface area contributed by atoms with Crippen molar-refractivity contribution >= 4 is 18.0 Å². The van der Waals surface area contributed by atoms with Gasteiger partial charge in [-0.2, -0.15) is 0 Å². The highest BCUT2D eigenvalue weighted by atomic mass is 16.5. The molecule has 1 fully saturated rings. The van der Waals surface area contributed by atoms with E-state index >= 15 is 0 Å². The van der Waals surface area contributed by atoms with Gasteiger partial charge in [0.15, 0.2) is 0 Å². The molecule has 186 valence electrons. The lowest BCUT2D eigenvalue weighted by Crippen LogP contribution is -2.49. The second-order valence-electron chi connectivity index (χ2n) is 9.40. The van der Waals surface area contributed by atoms with Gasteiger partial charge in [-0.05, 0) is 41.5 Å². The van der Waals surface area contributed by atoms with Gasteiger partial charge in [-0.25, -0.2) is 4.79 Å². The largest absolute Gasteiger partial charge is 0.481 e. The zero-order chi connectivity index (χ0) is 24.6. The molecule has 1 atom stereocenters. The molecule has 0 bridgehead atoms. The van der Waals surface area contributed by atoms with Crippen molar-refractivity contribution in [3.05, 3.63) is 59.7 Å². The molecule has 0 aromatic heterocycles. The Hall–Kier alpha value is -3.35. The fraction of sp³-hybridized carbons (Fsp3) is 0.464. The molecule has 1 aliphatic heterocycles. The zero-order valence-electron chi connectivity index (χ0n) is 20.1. The molecule has 7 heteroatoms. The van der Waals surface area contributed by atoms with Crippen molar-refractivity contribution in [3.63, 3.8) is 0 Å². The normalized spacial score (nSPS) is 16.7. The molecule has 4 rings (SSSR count). The average molecular weight is 479 g/mol. The molecular formula is C28H34N2O5. The summed E-state index contributed by atoms with van der Waals surface area (Å²) in [6.45, 7) is 1.41. The number of fused-ring (bicyclic) bond motifs is 3. The fourth-order valence-corrected chi connectivity index (χ4v) is 5.17. The number of amides is 2. The Kier molecular flexibility index (Phi) is 8.40. The summed E-state index contributed by atoms with van der Waals surface area (Å²) in [5, 5.41) is 11.8. The number of alkyl carbamates (subject to hydrolysis) is 1. The third-order valence-electron chi connectivity index (χ3n) is 7.00. The molecule has 2 amide bonds. The van der Waals surface area contributed by atoms with Gasteiger partial charge in [0.25, 0.3) is 0 Å². The van der Waals surface area contributed by atoms with E-state index in [1.165, 1.54) is 12.8 Å². The number of carboxylic acid groups (broad SMARTS) is 1. The molecular weight excluding hydrogens is 444 g/mol. The quantitative estimate of drug-likeness (QED) is 0.588. The number of nitrogens with zero attached hydrogens (tertiary/aromatic N) is 1. The van der Waals surface area contributed by atoms with Gasteiger partial charge in [-0.3, -0.25) is 9.59 Å². The van der Waals surface area contributed by atoms with E-state index in [0.29, 0.717) is 13.1 Å². The van der Waals surface area contributed by atoms with Crippen molar-refractivity contribution in [2.24, 2.45) is 0 Å². The number of carbonyl (C=O) groups excluding carboxylic acids is 2. The Balaban J connectivity index is 1.41. The summed E-state index contributed by atoms with van der Waals surface area (Å²) in [6.07, 6.45) is 5.46. The third-order valence-corrected chi connectivity index (χ3v) is 7.00. The summed E-state index contributed by atoms with van der Waals surface area (Å²) in [6, 6.07) is 15.3. The number of carbonyl (C=O) groups is 3. The summed E-state index contributed by atoms with van der Waals surface area (Å²) in [4.78, 5) is 39.0. The number of benzene rings is 2. The molecule has 35 heavy (non-hydrogen) atoms. The number of nitrogens with one attached hydrogen (secondary N) is 1. The summed E-state index contributed by atoms with van der Waals surface area (Å²) in [5.74, 6) is -1.30. The molecule has 1 aliphatic carbocycles. The van der Waals surface area contributed by atoms with Crippen LogP contribution in [0.2, 0.25) is 0 Å². The average Bonchev–Trinajstić information content (AvgIpc) is 3.25. The van der Waals surface area contributed by atoms with Crippen LogP contribution >= 0.6 is 0 Å². The lowest BCUT2D eigenvalue weighted by atomic mass is 9.98. The van der Waals surface area contributed by atoms with Crippen molar-refractivity contribution < 1.29 is 24.2 Å². The molecule has 0 spiro atoms. The van der Waals surface area contributed by atoms with E-state index in [1.54, 1.807) is 4.90 Å². The summed E-state index contributed by atoms with van der Waals surface area (Å²) >= 11 is 0. The topological polar surface area (TPSA) is 95.9 Å². The van der Waals surface area contributed by atoms with Crippen molar-refractivity contribution in [2.75, 3.05) is 19.7 Å². The first-order valence-corrected chi connectivity index (χ1v) is 12.7. The number of rotatable bonds is 7. The van der Waals surface area contributed by atoms with Crippen LogP contribution in [0.3, 0.4) is 0 Å². The van der Waals surface area contributed by atoms with E-state index in [1.807, 2.05) is 36.4 Å². The minimum atomic E-state index is -0.999. The first-order chi connectivity index (χ1) is 17.0. The third kappa shape index (κ3) is 6.21. The lowest BCUT2D eigenvalue weighted by Gasteiger charge is -2.27. The molecule has 2 aliphatic rings. The Morgan fingerprint density at radius 2 is 1.43 bits per heavy atom. The number of ether oxygens (including phenoxy) is 1. The monoisotopic (exact) mass is 478 g/mol. The second kappa shape index (κ2) is 11.9. The second-order valence-corrected chi connectivity index (χ2v) is 9.40. The smallest absolute Gasteiger partial charge is 0.407 e. The van der Waals surface area contributed by atoms with Crippen LogP contribution in [0.1, 0.15) is 68.4 Å². The molecule has 1 heterocycles. The van der Waals surface area contributed by atoms with Crippen molar-refractivity contribution in [2.45, 2.75) is 63.3 Å². The first kappa shape index (κ1) is 24.8. The number of carboxylic acids is 1. The van der Waals surface area contributed by atoms with Crippen LogP contribution in [-0.2, 0) is 14.3 Å². The molecule has 1 saturated heterocycles. The van der Waals surface area contributed by atoms with Crippen LogP contribution in [0, 0.1) is 0 Å². The highest BCUT2D eigenvalue weighted by Crippen LogP contribution is 2.44. The molecule has 0 saturated carbocycles. The van der Waals surface area contributed by atoms with Gasteiger partial charge >= 0.3 is 12.1 Å². The van der Waals surface area contributed by atoms with Gasteiger partial charge in [-0.15, -0.1) is 0 Å². The van der Waals surface area contributed by atoms with Crippen LogP contribution in [-0.4, -0.2) is 53.7 Å². The van der Waals surface area contributed by atoms with E-state index in [0.717, 1.165) is 47.9 Å². The van der Waals surface area contributed by atoms with Crippen LogP contribution < -0.4 is 5.32 Å². The van der Waals surface area contributed by atoms with E-state index in [-0.39, 0.29) is 31.3 Å². The van der Waals surface area contributed by atoms with E-state index < -0.39 is 18.1 Å². The predicted molar refractivity (Wildman–Crippen MR) is 133 cm³/mol. The maximum atomic E-state index is 13.3. The Bertz CT molecular complexity index is 998. The summed E-state index contributed by atoms with van der Waals surface area (Å²) < 4.78 is 5.61. The number of aliphatic carboxylic acids is 1. The van der Waals surface area contributed by atoms with Gasteiger partial charge in [0.1, 0.15) is 12.6 Å². The molecule has 0 radical (unpaired) electrons. The highest BCUT2D eigenvalue weighted by molar-refractivity contribution is 5.86. The highest BCUT2D eigenvalue weighted by Gasteiger charge is 2.31. The number of hydrogen-bond donors (Lipinski definition) is 2. The van der Waals surface area contributed by atoms with E-state index in [9.17, 15) is 19.5 Å². The molecule has 2 N–H and O–H groups in total. The standard InChI is InChI=1S/C28H34N2O5/c31-26(32)16-15-25(27(33)30-17-9-3-1-2-4-10-18-30)29-28(34)35-19-24-22-13-7-5-11-20(22)21-12-6-8-14-23(21)24/h5-8,11-14,24-25H,1-4,9-10,15-19H2,(H,29,34)(H,31,32). The lowest BCUT2D eigenvalue weighted by molar-refractivity contribution is -0.138. The molecule has 2 aromatic carbocycles. The van der Waals surface area contributed by atoms with Gasteiger partial charge in [0, 0.05) is 25.4 Å². The van der Waals surface area contributed by atoms with Crippen LogP contribution in [0.4, 0.5) is 4.79 Å². The Labute approximate surface area is 206 Å². The van der Waals surface area contributed by atoms with Crippen LogP contribution in [0.25, 0.3) is 11.1 Å². The first-order valence-electron chi connectivity index (χ1n) is 12.7. The Morgan fingerprint density at radius 1 is 0.886 bits per heavy atom. The van der Waals surface area contributed by atoms with Crippen molar-refractivity contribution in [1.29, 1.82) is 0 Å². The van der Waals surface area contributed by atoms with Crippen LogP contribution in [0.15, 0.2) is 48.5 Å². The fourth-order valence-electron chi connectivity index (χ4n) is 5.17. The molecule has 1 unspecified atom stereocenters. The maximum absolute atomic E-state index is 13.3. The maximum Gasteiger partial charge on any atom is 0.407 e. The van der Waals surface area contributed by atoms with Crippen LogP contribution in [0.5, 0.6) is 0 Å². The van der Waals surface area contributed by atoms with Crippen molar-refractivity contribution in [1.82, 2.24) is 10.2 Å². The minimum Gasteiger partial charge on any atom is -0.481 e. The molecule has 7 nitrogen and oxygen atoms in total. The molecule has 2 aromatic rings. The minimum absolute atomic E-state index is 0.0366. The van der Waals surface area contributed by atoms with Gasteiger partial charge < -0.3 is 20.1 Å². The summed E-state index contributed by atoms with van der Waals surface area (Å²) in [7, 11) is 0. The SMILES string of the molecule is O=C(O)CCC(NC(=O)OCC1c2ccccc2-c2ccccc21)C(=O)N1CCCCCCCC1. The Morgan fingerprint density at radius 3 is 2.00 bits per heavy atom. The van der Waals surface area contributed by atoms with Gasteiger partial charge in [0.2, 0.25) is 5.91 Å². The van der Waals surface area contributed by atoms with E-state index in [2.05, 4.69) is 17.4 Å². The predicted octanol–water partition coefficient (Wildman–Crippen LogP) is 4.94. The van der Waals surface area contributed by atoms with E-state index in [4.69, 9.17) is 4.74 Å². The zero-order valence-corrected chi connectivity index (χ0v) is 20.1. The number of hydrogen-bond acceptors (Lipinski definition) is 4. The van der Waals surface area contributed by atoms with Gasteiger partial charge in [0.05, 0.1) is 0 Å². The van der Waals surface area contributed by atoms with Crippen molar-refractivity contribution in [3.8, 4) is 11.1 Å². The summed E-state index contributed by atoms with van der Waals surface area (Å²) in [5.41, 5.74) is 4.49. The van der Waals surface area contributed by atoms with Gasteiger partial charge in [-0.1, -0.05) is 74.2 Å².